The van der Waals surface area contributed by atoms with Crippen LogP contribution in [0.4, 0.5) is 0 Å². The van der Waals surface area contributed by atoms with E-state index >= 15 is 0 Å². The molecule has 0 spiro atoms. The number of hydrogen-bond donors (Lipinski definition) is 1. The van der Waals surface area contributed by atoms with Gasteiger partial charge in [0.25, 0.3) is 0 Å². The fraction of sp³-hybridized carbons (Fsp3) is 0.333. The summed E-state index contributed by atoms with van der Waals surface area (Å²) in [5, 5.41) is 0. The van der Waals surface area contributed by atoms with E-state index in [0.29, 0.717) is 5.75 Å². The molecule has 0 saturated carbocycles. The smallest absolute Gasteiger partial charge is 0.240 e. The Bertz CT molecular complexity index is 775. The molecular formula is C18H23NO4S. The summed E-state index contributed by atoms with van der Waals surface area (Å²) in [6, 6.07) is 10.3. The van der Waals surface area contributed by atoms with Gasteiger partial charge in [-0.2, -0.15) is 0 Å². The third-order valence-corrected chi connectivity index (χ3v) is 5.09. The molecule has 5 nitrogen and oxygen atoms in total. The third kappa shape index (κ3) is 4.49. The molecule has 6 heteroatoms. The van der Waals surface area contributed by atoms with Gasteiger partial charge in [0.1, 0.15) is 18.1 Å². The van der Waals surface area contributed by atoms with Gasteiger partial charge in [-0.3, -0.25) is 0 Å². The summed E-state index contributed by atoms with van der Waals surface area (Å²) in [7, 11) is -2.02. The zero-order chi connectivity index (χ0) is 17.7. The number of benzene rings is 2. The molecule has 24 heavy (non-hydrogen) atoms. The average Bonchev–Trinajstić information content (AvgIpc) is 2.53. The van der Waals surface area contributed by atoms with Crippen molar-refractivity contribution in [3.63, 3.8) is 0 Å². The minimum atomic E-state index is -3.55. The molecule has 0 aliphatic heterocycles. The predicted octanol–water partition coefficient (Wildman–Crippen LogP) is 2.98. The van der Waals surface area contributed by atoms with Gasteiger partial charge in [0.2, 0.25) is 10.0 Å². The Kier molecular flexibility index (Phi) is 5.85. The van der Waals surface area contributed by atoms with E-state index in [-0.39, 0.29) is 18.0 Å². The first-order chi connectivity index (χ1) is 11.3. The summed E-state index contributed by atoms with van der Waals surface area (Å²) >= 11 is 0. The van der Waals surface area contributed by atoms with E-state index in [2.05, 4.69) is 4.72 Å². The van der Waals surface area contributed by atoms with Crippen LogP contribution < -0.4 is 14.2 Å². The van der Waals surface area contributed by atoms with Gasteiger partial charge in [-0.1, -0.05) is 17.7 Å². The van der Waals surface area contributed by atoms with Crippen molar-refractivity contribution >= 4 is 10.0 Å². The number of hydrogen-bond acceptors (Lipinski definition) is 4. The zero-order valence-electron chi connectivity index (χ0n) is 14.4. The van der Waals surface area contributed by atoms with Crippen LogP contribution in [0.25, 0.3) is 0 Å². The minimum absolute atomic E-state index is 0.196. The summed E-state index contributed by atoms with van der Waals surface area (Å²) in [6.45, 7) is 6.46. The maximum atomic E-state index is 12.2. The van der Waals surface area contributed by atoms with Crippen LogP contribution in [0, 0.1) is 20.8 Å². The van der Waals surface area contributed by atoms with Crippen LogP contribution in [0.15, 0.2) is 41.3 Å². The Morgan fingerprint density at radius 3 is 2.12 bits per heavy atom. The second-order valence-corrected chi connectivity index (χ2v) is 7.42. The van der Waals surface area contributed by atoms with Crippen LogP contribution in [-0.2, 0) is 10.0 Å². The highest BCUT2D eigenvalue weighted by Gasteiger charge is 2.13. The summed E-state index contributed by atoms with van der Waals surface area (Å²) in [6.07, 6.45) is 0. The molecule has 130 valence electrons. The van der Waals surface area contributed by atoms with Crippen LogP contribution in [0.1, 0.15) is 16.7 Å². The minimum Gasteiger partial charge on any atom is -0.497 e. The topological polar surface area (TPSA) is 64.6 Å². The van der Waals surface area contributed by atoms with Crippen LogP contribution >= 0.6 is 0 Å². The maximum Gasteiger partial charge on any atom is 0.240 e. The molecule has 0 bridgehead atoms. The molecule has 0 aliphatic rings. The summed E-state index contributed by atoms with van der Waals surface area (Å²) in [4.78, 5) is 0.200. The highest BCUT2D eigenvalue weighted by Crippen LogP contribution is 2.24. The molecule has 0 heterocycles. The Morgan fingerprint density at radius 1 is 1.00 bits per heavy atom. The standard InChI is InChI=1S/C18H23NO4S/c1-13-11-14(2)18(15(3)12-13)23-10-9-19-24(20,21)17-7-5-16(22-4)6-8-17/h5-8,11-12,19H,9-10H2,1-4H3. The van der Waals surface area contributed by atoms with E-state index in [4.69, 9.17) is 9.47 Å². The van der Waals surface area contributed by atoms with Crippen LogP contribution in [-0.4, -0.2) is 28.7 Å². The Morgan fingerprint density at radius 2 is 1.58 bits per heavy atom. The van der Waals surface area contributed by atoms with Gasteiger partial charge in [-0.15, -0.1) is 0 Å². The molecule has 0 aromatic heterocycles. The van der Waals surface area contributed by atoms with Crippen molar-refractivity contribution < 1.29 is 17.9 Å². The first kappa shape index (κ1) is 18.3. The van der Waals surface area contributed by atoms with Crippen molar-refractivity contribution in [3.05, 3.63) is 53.1 Å². The number of methoxy groups -OCH3 is 1. The van der Waals surface area contributed by atoms with Crippen molar-refractivity contribution in [2.45, 2.75) is 25.7 Å². The Balaban J connectivity index is 1.94. The first-order valence-electron chi connectivity index (χ1n) is 7.68. The molecule has 0 atom stereocenters. The molecule has 2 rings (SSSR count). The van der Waals surface area contributed by atoms with Gasteiger partial charge < -0.3 is 9.47 Å². The highest BCUT2D eigenvalue weighted by molar-refractivity contribution is 7.89. The summed E-state index contributed by atoms with van der Waals surface area (Å²) in [5.41, 5.74) is 3.27. The van der Waals surface area contributed by atoms with E-state index in [9.17, 15) is 8.42 Å². The molecule has 1 N–H and O–H groups in total. The number of rotatable bonds is 7. The zero-order valence-corrected chi connectivity index (χ0v) is 15.2. The van der Waals surface area contributed by atoms with E-state index < -0.39 is 10.0 Å². The van der Waals surface area contributed by atoms with Crippen molar-refractivity contribution in [1.82, 2.24) is 4.72 Å². The maximum absolute atomic E-state index is 12.2. The van der Waals surface area contributed by atoms with Gasteiger partial charge in [0, 0.05) is 6.54 Å². The van der Waals surface area contributed by atoms with Gasteiger partial charge in [-0.05, 0) is 56.2 Å². The number of aryl methyl sites for hydroxylation is 3. The molecule has 2 aromatic rings. The van der Waals surface area contributed by atoms with Crippen molar-refractivity contribution in [2.75, 3.05) is 20.3 Å². The number of nitrogens with one attached hydrogen (secondary N) is 1. The lowest BCUT2D eigenvalue weighted by atomic mass is 10.1. The fourth-order valence-corrected chi connectivity index (χ4v) is 3.57. The van der Waals surface area contributed by atoms with Crippen molar-refractivity contribution in [1.29, 1.82) is 0 Å². The second kappa shape index (κ2) is 7.68. The molecule has 0 fully saturated rings. The lowest BCUT2D eigenvalue weighted by molar-refractivity contribution is 0.318. The highest BCUT2D eigenvalue weighted by atomic mass is 32.2. The summed E-state index contributed by atoms with van der Waals surface area (Å²) < 4.78 is 37.7. The number of sulfonamides is 1. The van der Waals surface area contributed by atoms with E-state index in [1.165, 1.54) is 24.8 Å². The SMILES string of the molecule is COc1ccc(S(=O)(=O)NCCOc2c(C)cc(C)cc2C)cc1. The summed E-state index contributed by atoms with van der Waals surface area (Å²) in [5.74, 6) is 1.42. The van der Waals surface area contributed by atoms with Crippen LogP contribution in [0.3, 0.4) is 0 Å². The van der Waals surface area contributed by atoms with Gasteiger partial charge >= 0.3 is 0 Å². The van der Waals surface area contributed by atoms with Crippen molar-refractivity contribution in [3.8, 4) is 11.5 Å². The van der Waals surface area contributed by atoms with E-state index in [0.717, 1.165) is 16.9 Å². The average molecular weight is 349 g/mol. The lowest BCUT2D eigenvalue weighted by Crippen LogP contribution is -2.28. The van der Waals surface area contributed by atoms with E-state index in [1.54, 1.807) is 12.1 Å². The molecule has 0 aliphatic carbocycles. The Hall–Kier alpha value is -2.05. The molecular weight excluding hydrogens is 326 g/mol. The third-order valence-electron chi connectivity index (χ3n) is 3.61. The first-order valence-corrected chi connectivity index (χ1v) is 9.16. The fourth-order valence-electron chi connectivity index (χ4n) is 2.56. The van der Waals surface area contributed by atoms with Crippen LogP contribution in [0.2, 0.25) is 0 Å². The normalized spacial score (nSPS) is 11.3. The largest absolute Gasteiger partial charge is 0.497 e. The molecule has 0 radical (unpaired) electrons. The van der Waals surface area contributed by atoms with Gasteiger partial charge in [-0.25, -0.2) is 13.1 Å². The van der Waals surface area contributed by atoms with Gasteiger partial charge in [0.15, 0.2) is 0 Å². The second-order valence-electron chi connectivity index (χ2n) is 5.65. The van der Waals surface area contributed by atoms with Gasteiger partial charge in [0.05, 0.1) is 12.0 Å². The number of ether oxygens (including phenoxy) is 2. The van der Waals surface area contributed by atoms with Crippen molar-refractivity contribution in [2.24, 2.45) is 0 Å². The molecule has 2 aromatic carbocycles. The monoisotopic (exact) mass is 349 g/mol. The molecule has 0 unspecified atom stereocenters. The van der Waals surface area contributed by atoms with E-state index in [1.807, 2.05) is 32.9 Å². The Labute approximate surface area is 143 Å². The predicted molar refractivity (Wildman–Crippen MR) is 94.3 cm³/mol. The quantitative estimate of drug-likeness (QED) is 0.781. The lowest BCUT2D eigenvalue weighted by Gasteiger charge is -2.13. The molecule has 0 saturated heterocycles. The van der Waals surface area contributed by atoms with Crippen LogP contribution in [0.5, 0.6) is 11.5 Å². The molecule has 0 amide bonds.